The lowest BCUT2D eigenvalue weighted by Crippen LogP contribution is -2.34. The van der Waals surface area contributed by atoms with E-state index in [1.54, 1.807) is 36.4 Å². The smallest absolute Gasteiger partial charge is 0.254 e. The van der Waals surface area contributed by atoms with Crippen LogP contribution in [-0.4, -0.2) is 42.6 Å². The van der Waals surface area contributed by atoms with Crippen LogP contribution in [0.5, 0.6) is 0 Å². The molecule has 0 saturated carbocycles. The zero-order chi connectivity index (χ0) is 12.7. The SMILES string of the molecule is C=CCN(CCOC)C(=O)c1ccnc(Br)c1. The van der Waals surface area contributed by atoms with E-state index < -0.39 is 0 Å². The van der Waals surface area contributed by atoms with Crippen molar-refractivity contribution in [3.8, 4) is 0 Å². The quantitative estimate of drug-likeness (QED) is 0.597. The Balaban J connectivity index is 2.79. The first-order valence-electron chi connectivity index (χ1n) is 5.19. The second-order valence-electron chi connectivity index (χ2n) is 3.40. The average Bonchev–Trinajstić information content (AvgIpc) is 2.33. The van der Waals surface area contributed by atoms with Gasteiger partial charge >= 0.3 is 0 Å². The van der Waals surface area contributed by atoms with Gasteiger partial charge in [-0.25, -0.2) is 4.98 Å². The first kappa shape index (κ1) is 13.9. The summed E-state index contributed by atoms with van der Waals surface area (Å²) < 4.78 is 5.63. The molecule has 0 radical (unpaired) electrons. The Bertz CT molecular complexity index is 396. The maximum atomic E-state index is 12.2. The predicted octanol–water partition coefficient (Wildman–Crippen LogP) is 2.12. The molecule has 92 valence electrons. The molecule has 0 aliphatic rings. The molecule has 0 spiro atoms. The Hall–Kier alpha value is -1.20. The Morgan fingerprint density at radius 2 is 2.47 bits per heavy atom. The molecule has 0 fully saturated rings. The van der Waals surface area contributed by atoms with Crippen LogP contribution in [0.25, 0.3) is 0 Å². The minimum absolute atomic E-state index is 0.0509. The van der Waals surface area contributed by atoms with Crippen LogP contribution in [0.1, 0.15) is 10.4 Å². The summed E-state index contributed by atoms with van der Waals surface area (Å²) in [6.07, 6.45) is 3.30. The molecule has 0 unspecified atom stereocenters. The van der Waals surface area contributed by atoms with E-state index in [0.29, 0.717) is 29.9 Å². The van der Waals surface area contributed by atoms with E-state index in [1.807, 2.05) is 0 Å². The number of nitrogens with zero attached hydrogens (tertiary/aromatic N) is 2. The van der Waals surface area contributed by atoms with Crippen LogP contribution in [-0.2, 0) is 4.74 Å². The maximum absolute atomic E-state index is 12.2. The minimum Gasteiger partial charge on any atom is -0.383 e. The fraction of sp³-hybridized carbons (Fsp3) is 0.333. The van der Waals surface area contributed by atoms with Gasteiger partial charge in [-0.3, -0.25) is 4.79 Å². The highest BCUT2D eigenvalue weighted by molar-refractivity contribution is 9.10. The number of hydrogen-bond donors (Lipinski definition) is 0. The second kappa shape index (κ2) is 7.19. The highest BCUT2D eigenvalue weighted by atomic mass is 79.9. The van der Waals surface area contributed by atoms with E-state index in [4.69, 9.17) is 4.74 Å². The highest BCUT2D eigenvalue weighted by Gasteiger charge is 2.14. The van der Waals surface area contributed by atoms with Crippen molar-refractivity contribution in [2.24, 2.45) is 0 Å². The first-order chi connectivity index (χ1) is 8.19. The molecule has 0 aliphatic heterocycles. The Kier molecular flexibility index (Phi) is 5.86. The van der Waals surface area contributed by atoms with Gasteiger partial charge in [0.2, 0.25) is 0 Å². The Morgan fingerprint density at radius 3 is 3.06 bits per heavy atom. The van der Waals surface area contributed by atoms with Gasteiger partial charge in [-0.15, -0.1) is 6.58 Å². The Morgan fingerprint density at radius 1 is 1.71 bits per heavy atom. The standard InChI is InChI=1S/C12H15BrN2O2/c1-3-6-15(7-8-17-2)12(16)10-4-5-14-11(13)9-10/h3-5,9H,1,6-8H2,2H3. The van der Waals surface area contributed by atoms with Gasteiger partial charge in [-0.2, -0.15) is 0 Å². The summed E-state index contributed by atoms with van der Waals surface area (Å²) in [5, 5.41) is 0. The van der Waals surface area contributed by atoms with Crippen LogP contribution in [0.15, 0.2) is 35.6 Å². The topological polar surface area (TPSA) is 42.4 Å². The summed E-state index contributed by atoms with van der Waals surface area (Å²) in [7, 11) is 1.61. The minimum atomic E-state index is -0.0509. The maximum Gasteiger partial charge on any atom is 0.254 e. The first-order valence-corrected chi connectivity index (χ1v) is 5.99. The van der Waals surface area contributed by atoms with Crippen molar-refractivity contribution >= 4 is 21.8 Å². The van der Waals surface area contributed by atoms with Gasteiger partial charge in [0, 0.05) is 32.0 Å². The van der Waals surface area contributed by atoms with E-state index >= 15 is 0 Å². The van der Waals surface area contributed by atoms with Crippen molar-refractivity contribution in [3.05, 3.63) is 41.2 Å². The number of halogens is 1. The van der Waals surface area contributed by atoms with Gasteiger partial charge in [-0.05, 0) is 28.1 Å². The van der Waals surface area contributed by atoms with Crippen molar-refractivity contribution in [2.45, 2.75) is 0 Å². The Labute approximate surface area is 109 Å². The molecule has 0 aromatic carbocycles. The number of carbonyl (C=O) groups excluding carboxylic acids is 1. The molecular weight excluding hydrogens is 284 g/mol. The lowest BCUT2D eigenvalue weighted by Gasteiger charge is -2.20. The summed E-state index contributed by atoms with van der Waals surface area (Å²) in [6, 6.07) is 3.39. The van der Waals surface area contributed by atoms with E-state index in [1.165, 1.54) is 0 Å². The highest BCUT2D eigenvalue weighted by Crippen LogP contribution is 2.10. The van der Waals surface area contributed by atoms with Crippen molar-refractivity contribution in [1.29, 1.82) is 0 Å². The number of rotatable bonds is 6. The summed E-state index contributed by atoms with van der Waals surface area (Å²) in [4.78, 5) is 17.8. The number of aromatic nitrogens is 1. The van der Waals surface area contributed by atoms with Crippen LogP contribution < -0.4 is 0 Å². The van der Waals surface area contributed by atoms with Crippen molar-refractivity contribution in [3.63, 3.8) is 0 Å². The monoisotopic (exact) mass is 298 g/mol. The molecule has 1 heterocycles. The zero-order valence-corrected chi connectivity index (χ0v) is 11.3. The van der Waals surface area contributed by atoms with Gasteiger partial charge < -0.3 is 9.64 Å². The van der Waals surface area contributed by atoms with Crippen molar-refractivity contribution in [1.82, 2.24) is 9.88 Å². The number of pyridine rings is 1. The molecule has 5 heteroatoms. The van der Waals surface area contributed by atoms with E-state index in [9.17, 15) is 4.79 Å². The van der Waals surface area contributed by atoms with Crippen LogP contribution in [0.3, 0.4) is 0 Å². The average molecular weight is 299 g/mol. The largest absolute Gasteiger partial charge is 0.383 e. The van der Waals surface area contributed by atoms with Crippen LogP contribution in [0, 0.1) is 0 Å². The van der Waals surface area contributed by atoms with Gasteiger partial charge in [0.05, 0.1) is 6.61 Å². The van der Waals surface area contributed by atoms with Gasteiger partial charge in [-0.1, -0.05) is 6.08 Å². The third-order valence-corrected chi connectivity index (χ3v) is 2.61. The summed E-state index contributed by atoms with van der Waals surface area (Å²) in [5.41, 5.74) is 0.602. The molecule has 1 rings (SSSR count). The second-order valence-corrected chi connectivity index (χ2v) is 4.21. The lowest BCUT2D eigenvalue weighted by atomic mass is 10.2. The number of ether oxygens (including phenoxy) is 1. The summed E-state index contributed by atoms with van der Waals surface area (Å²) in [5.74, 6) is -0.0509. The number of carbonyl (C=O) groups is 1. The third kappa shape index (κ3) is 4.28. The predicted molar refractivity (Wildman–Crippen MR) is 69.9 cm³/mol. The van der Waals surface area contributed by atoms with Gasteiger partial charge in [0.25, 0.3) is 5.91 Å². The zero-order valence-electron chi connectivity index (χ0n) is 9.73. The van der Waals surface area contributed by atoms with E-state index in [0.717, 1.165) is 0 Å². The van der Waals surface area contributed by atoms with Crippen molar-refractivity contribution in [2.75, 3.05) is 26.8 Å². The molecule has 0 bridgehead atoms. The van der Waals surface area contributed by atoms with Crippen molar-refractivity contribution < 1.29 is 9.53 Å². The third-order valence-electron chi connectivity index (χ3n) is 2.18. The number of methoxy groups -OCH3 is 1. The summed E-state index contributed by atoms with van der Waals surface area (Å²) >= 11 is 3.24. The molecule has 1 aromatic rings. The molecule has 1 amide bonds. The molecule has 0 N–H and O–H groups in total. The molecule has 0 atom stereocenters. The molecule has 0 saturated heterocycles. The fourth-order valence-electron chi connectivity index (χ4n) is 1.35. The molecule has 17 heavy (non-hydrogen) atoms. The van der Waals surface area contributed by atoms with Gasteiger partial charge in [0.1, 0.15) is 4.60 Å². The molecule has 4 nitrogen and oxygen atoms in total. The number of hydrogen-bond acceptors (Lipinski definition) is 3. The molecular formula is C12H15BrN2O2. The van der Waals surface area contributed by atoms with Crippen LogP contribution in [0.2, 0.25) is 0 Å². The van der Waals surface area contributed by atoms with Crippen LogP contribution in [0.4, 0.5) is 0 Å². The van der Waals surface area contributed by atoms with Gasteiger partial charge in [0.15, 0.2) is 0 Å². The van der Waals surface area contributed by atoms with E-state index in [2.05, 4.69) is 27.5 Å². The molecule has 0 aliphatic carbocycles. The van der Waals surface area contributed by atoms with E-state index in [-0.39, 0.29) is 5.91 Å². The fourth-order valence-corrected chi connectivity index (χ4v) is 1.72. The lowest BCUT2D eigenvalue weighted by molar-refractivity contribution is 0.0718. The normalized spacial score (nSPS) is 10.0. The summed E-state index contributed by atoms with van der Waals surface area (Å²) in [6.45, 7) is 5.20. The number of amides is 1. The molecule has 1 aromatic heterocycles. The van der Waals surface area contributed by atoms with Crippen LogP contribution >= 0.6 is 15.9 Å².